The summed E-state index contributed by atoms with van der Waals surface area (Å²) < 4.78 is 5.20. The maximum atomic E-state index is 12.0. The van der Waals surface area contributed by atoms with Gasteiger partial charge in [0.1, 0.15) is 12.4 Å². The van der Waals surface area contributed by atoms with Gasteiger partial charge in [-0.15, -0.1) is 0 Å². The lowest BCUT2D eigenvalue weighted by Gasteiger charge is -2.18. The molecule has 2 rings (SSSR count). The number of rotatable bonds is 5. The lowest BCUT2D eigenvalue weighted by molar-refractivity contribution is -0.153. The van der Waals surface area contributed by atoms with Crippen molar-refractivity contribution in [2.75, 3.05) is 0 Å². The molecule has 0 aliphatic rings. The molecule has 0 spiro atoms. The number of aliphatic hydroxyl groups is 1. The highest BCUT2D eigenvalue weighted by molar-refractivity contribution is 5.73. The lowest BCUT2D eigenvalue weighted by atomic mass is 9.97. The van der Waals surface area contributed by atoms with Gasteiger partial charge in [-0.05, 0) is 30.2 Å². The van der Waals surface area contributed by atoms with Crippen LogP contribution in [0.15, 0.2) is 54.6 Å². The van der Waals surface area contributed by atoms with E-state index >= 15 is 0 Å². The van der Waals surface area contributed by atoms with Crippen molar-refractivity contribution >= 4 is 5.97 Å². The summed E-state index contributed by atoms with van der Waals surface area (Å²) in [5.74, 6) is -1.14. The maximum absolute atomic E-state index is 12.0. The first-order chi connectivity index (χ1) is 10.1. The Morgan fingerprint density at radius 2 is 1.86 bits per heavy atom. The Balaban J connectivity index is 1.95. The van der Waals surface area contributed by atoms with Crippen LogP contribution in [-0.4, -0.2) is 16.2 Å². The normalized spacial score (nSPS) is 13.4. The molecule has 0 unspecified atom stereocenters. The summed E-state index contributed by atoms with van der Waals surface area (Å²) in [4.78, 5) is 12.0. The molecule has 0 heterocycles. The van der Waals surface area contributed by atoms with E-state index in [0.717, 1.165) is 5.56 Å². The molecule has 0 bridgehead atoms. The molecule has 0 aromatic heterocycles. The highest BCUT2D eigenvalue weighted by Gasteiger charge is 2.25. The topological polar surface area (TPSA) is 66.8 Å². The zero-order valence-electron chi connectivity index (χ0n) is 11.8. The molecule has 2 aromatic rings. The van der Waals surface area contributed by atoms with Crippen LogP contribution in [0.25, 0.3) is 0 Å². The largest absolute Gasteiger partial charge is 0.508 e. The molecule has 4 nitrogen and oxygen atoms in total. The monoisotopic (exact) mass is 286 g/mol. The van der Waals surface area contributed by atoms with E-state index in [0.29, 0.717) is 5.56 Å². The standard InChI is InChI=1S/C17H18O4/c1-12(16(19)14-8-5-9-15(18)10-14)17(20)21-11-13-6-3-2-4-7-13/h2-10,12,16,18-19H,11H2,1H3/t12-,16+/m0/s1. The van der Waals surface area contributed by atoms with Gasteiger partial charge in [-0.25, -0.2) is 0 Å². The van der Waals surface area contributed by atoms with Gasteiger partial charge in [-0.1, -0.05) is 42.5 Å². The number of hydrogen-bond acceptors (Lipinski definition) is 4. The van der Waals surface area contributed by atoms with Crippen molar-refractivity contribution in [1.29, 1.82) is 0 Å². The van der Waals surface area contributed by atoms with Crippen LogP contribution in [0.2, 0.25) is 0 Å². The van der Waals surface area contributed by atoms with Crippen LogP contribution < -0.4 is 0 Å². The van der Waals surface area contributed by atoms with E-state index in [9.17, 15) is 15.0 Å². The third-order valence-corrected chi connectivity index (χ3v) is 3.28. The van der Waals surface area contributed by atoms with Gasteiger partial charge in [-0.3, -0.25) is 4.79 Å². The first-order valence-corrected chi connectivity index (χ1v) is 6.75. The fraction of sp³-hybridized carbons (Fsp3) is 0.235. The van der Waals surface area contributed by atoms with Crippen LogP contribution in [0.4, 0.5) is 0 Å². The average Bonchev–Trinajstić information content (AvgIpc) is 2.52. The van der Waals surface area contributed by atoms with Crippen molar-refractivity contribution in [2.24, 2.45) is 5.92 Å². The second-order valence-electron chi connectivity index (χ2n) is 4.92. The third kappa shape index (κ3) is 4.07. The van der Waals surface area contributed by atoms with Gasteiger partial charge in [0.25, 0.3) is 0 Å². The molecule has 0 amide bonds. The van der Waals surface area contributed by atoms with E-state index < -0.39 is 18.0 Å². The number of phenolic OH excluding ortho intramolecular Hbond substituents is 1. The van der Waals surface area contributed by atoms with Crippen LogP contribution >= 0.6 is 0 Å². The van der Waals surface area contributed by atoms with E-state index in [1.165, 1.54) is 12.1 Å². The highest BCUT2D eigenvalue weighted by atomic mass is 16.5. The minimum absolute atomic E-state index is 0.0522. The molecular weight excluding hydrogens is 268 g/mol. The molecule has 0 radical (unpaired) electrons. The SMILES string of the molecule is C[C@H](C(=O)OCc1ccccc1)[C@@H](O)c1cccc(O)c1. The number of aromatic hydroxyl groups is 1. The number of hydrogen-bond donors (Lipinski definition) is 2. The minimum Gasteiger partial charge on any atom is -0.508 e. The zero-order valence-corrected chi connectivity index (χ0v) is 11.8. The Bertz CT molecular complexity index is 595. The molecule has 0 saturated carbocycles. The lowest BCUT2D eigenvalue weighted by Crippen LogP contribution is -2.21. The Kier molecular flexibility index (Phi) is 4.95. The van der Waals surface area contributed by atoms with E-state index in [4.69, 9.17) is 4.74 Å². The van der Waals surface area contributed by atoms with Gasteiger partial charge in [0.15, 0.2) is 0 Å². The summed E-state index contributed by atoms with van der Waals surface area (Å²) in [5.41, 5.74) is 1.38. The Morgan fingerprint density at radius 3 is 2.52 bits per heavy atom. The maximum Gasteiger partial charge on any atom is 0.311 e. The average molecular weight is 286 g/mol. The van der Waals surface area contributed by atoms with Gasteiger partial charge in [-0.2, -0.15) is 0 Å². The van der Waals surface area contributed by atoms with Crippen molar-refractivity contribution in [3.63, 3.8) is 0 Å². The van der Waals surface area contributed by atoms with Crippen molar-refractivity contribution < 1.29 is 19.7 Å². The molecule has 2 atom stereocenters. The molecule has 0 saturated heterocycles. The molecule has 0 aliphatic heterocycles. The minimum atomic E-state index is -1.01. The van der Waals surface area contributed by atoms with Gasteiger partial charge < -0.3 is 14.9 Å². The van der Waals surface area contributed by atoms with Crippen molar-refractivity contribution in [3.8, 4) is 5.75 Å². The number of carbonyl (C=O) groups is 1. The second-order valence-corrected chi connectivity index (χ2v) is 4.92. The van der Waals surface area contributed by atoms with Gasteiger partial charge in [0, 0.05) is 0 Å². The number of carbonyl (C=O) groups excluding carboxylic acids is 1. The number of benzene rings is 2. The molecule has 21 heavy (non-hydrogen) atoms. The fourth-order valence-corrected chi connectivity index (χ4v) is 1.99. The van der Waals surface area contributed by atoms with Gasteiger partial charge in [0.2, 0.25) is 0 Å². The van der Waals surface area contributed by atoms with Crippen LogP contribution in [0.1, 0.15) is 24.2 Å². The zero-order chi connectivity index (χ0) is 15.2. The van der Waals surface area contributed by atoms with E-state index in [1.54, 1.807) is 19.1 Å². The van der Waals surface area contributed by atoms with E-state index in [2.05, 4.69) is 0 Å². The number of esters is 1. The summed E-state index contributed by atoms with van der Waals surface area (Å²) in [6.07, 6.45) is -1.01. The fourth-order valence-electron chi connectivity index (χ4n) is 1.99. The Labute approximate surface area is 123 Å². The number of ether oxygens (including phenoxy) is 1. The van der Waals surface area contributed by atoms with Crippen LogP contribution in [0.5, 0.6) is 5.75 Å². The molecule has 0 aliphatic carbocycles. The molecule has 110 valence electrons. The quantitative estimate of drug-likeness (QED) is 0.829. The summed E-state index contributed by atoms with van der Waals surface area (Å²) in [6.45, 7) is 1.78. The number of aliphatic hydroxyl groups excluding tert-OH is 1. The second kappa shape index (κ2) is 6.90. The predicted octanol–water partition coefficient (Wildman–Crippen LogP) is 2.81. The Morgan fingerprint density at radius 1 is 1.14 bits per heavy atom. The highest BCUT2D eigenvalue weighted by Crippen LogP contribution is 2.25. The summed E-state index contributed by atoms with van der Waals surface area (Å²) >= 11 is 0. The van der Waals surface area contributed by atoms with E-state index in [1.807, 2.05) is 30.3 Å². The first kappa shape index (κ1) is 15.1. The van der Waals surface area contributed by atoms with Crippen molar-refractivity contribution in [3.05, 3.63) is 65.7 Å². The van der Waals surface area contributed by atoms with Gasteiger partial charge >= 0.3 is 5.97 Å². The van der Waals surface area contributed by atoms with E-state index in [-0.39, 0.29) is 12.4 Å². The number of phenols is 1. The van der Waals surface area contributed by atoms with Crippen molar-refractivity contribution in [1.82, 2.24) is 0 Å². The summed E-state index contributed by atoms with van der Waals surface area (Å²) in [7, 11) is 0. The summed E-state index contributed by atoms with van der Waals surface area (Å²) in [5, 5.41) is 19.6. The van der Waals surface area contributed by atoms with Crippen LogP contribution in [0.3, 0.4) is 0 Å². The molecule has 0 fully saturated rings. The Hall–Kier alpha value is -2.33. The molecule has 2 N–H and O–H groups in total. The molecule has 2 aromatic carbocycles. The first-order valence-electron chi connectivity index (χ1n) is 6.75. The van der Waals surface area contributed by atoms with Crippen LogP contribution in [-0.2, 0) is 16.1 Å². The van der Waals surface area contributed by atoms with Crippen LogP contribution in [0, 0.1) is 5.92 Å². The summed E-state index contributed by atoms with van der Waals surface area (Å²) in [6, 6.07) is 15.6. The predicted molar refractivity (Wildman–Crippen MR) is 78.5 cm³/mol. The molecule has 4 heteroatoms. The third-order valence-electron chi connectivity index (χ3n) is 3.28. The van der Waals surface area contributed by atoms with Crippen molar-refractivity contribution in [2.45, 2.75) is 19.6 Å². The van der Waals surface area contributed by atoms with Gasteiger partial charge in [0.05, 0.1) is 12.0 Å². The molecular formula is C17H18O4. The smallest absolute Gasteiger partial charge is 0.311 e.